The van der Waals surface area contributed by atoms with Gasteiger partial charge in [-0.1, -0.05) is 17.7 Å². The number of hydrogen-bond donors (Lipinski definition) is 2. The van der Waals surface area contributed by atoms with Gasteiger partial charge in [-0.25, -0.2) is 9.18 Å². The first-order chi connectivity index (χ1) is 11.0. The second kappa shape index (κ2) is 6.48. The number of nitrogens with two attached hydrogens (primary N) is 1. The van der Waals surface area contributed by atoms with Crippen LogP contribution in [0.2, 0.25) is 5.02 Å². The van der Waals surface area contributed by atoms with E-state index in [0.29, 0.717) is 5.47 Å². The van der Waals surface area contributed by atoms with Gasteiger partial charge in [-0.05, 0) is 45.3 Å². The molecule has 1 aliphatic rings. The number of carboxylic acid groups (broad SMARTS) is 1. The molecule has 0 amide bonds. The highest BCUT2D eigenvalue weighted by atomic mass is 35.5. The van der Waals surface area contributed by atoms with E-state index in [4.69, 9.17) is 31.7 Å². The van der Waals surface area contributed by atoms with Crippen molar-refractivity contribution >= 4 is 30.8 Å². The Bertz CT molecular complexity index is 690. The molecule has 1 heterocycles. The van der Waals surface area contributed by atoms with E-state index in [1.54, 1.807) is 0 Å². The van der Waals surface area contributed by atoms with Crippen LogP contribution >= 0.6 is 11.6 Å². The summed E-state index contributed by atoms with van der Waals surface area (Å²) in [6, 6.07) is 2.14. The summed E-state index contributed by atoms with van der Waals surface area (Å²) in [5.41, 5.74) is 5.04. The molecule has 3 N–H and O–H groups in total. The molecule has 1 fully saturated rings. The Kier molecular flexibility index (Phi) is 5.11. The van der Waals surface area contributed by atoms with Crippen LogP contribution in [-0.4, -0.2) is 35.9 Å². The molecule has 0 unspecified atom stereocenters. The molecule has 0 aliphatic carbocycles. The number of hydrogen-bond acceptors (Lipinski definition) is 4. The minimum atomic E-state index is -1.29. The predicted octanol–water partition coefficient (Wildman–Crippen LogP) is 3.15. The molecule has 8 heteroatoms. The first kappa shape index (κ1) is 18.9. The molecule has 0 bridgehead atoms. The van der Waals surface area contributed by atoms with Crippen LogP contribution in [0.1, 0.15) is 43.6 Å². The third-order valence-electron chi connectivity index (χ3n) is 4.45. The molecule has 2 rings (SSSR count). The molecular weight excluding hydrogens is 335 g/mol. The average molecular weight is 356 g/mol. The molecule has 1 aromatic carbocycles. The van der Waals surface area contributed by atoms with Gasteiger partial charge in [0.15, 0.2) is 0 Å². The number of benzene rings is 1. The quantitative estimate of drug-likeness (QED) is 0.811. The van der Waals surface area contributed by atoms with Gasteiger partial charge in [0.1, 0.15) is 5.82 Å². The topological polar surface area (TPSA) is 81.8 Å². The van der Waals surface area contributed by atoms with Crippen LogP contribution in [0, 0.1) is 5.82 Å². The molecule has 0 saturated carbocycles. The van der Waals surface area contributed by atoms with Gasteiger partial charge < -0.3 is 20.1 Å². The van der Waals surface area contributed by atoms with E-state index in [9.17, 15) is 9.18 Å². The molecule has 0 aromatic heterocycles. The van der Waals surface area contributed by atoms with Crippen molar-refractivity contribution in [2.45, 2.75) is 38.9 Å². The van der Waals surface area contributed by atoms with Crippen molar-refractivity contribution in [3.8, 4) is 0 Å². The highest BCUT2D eigenvalue weighted by Crippen LogP contribution is 2.38. The van der Waals surface area contributed by atoms with Crippen molar-refractivity contribution < 1.29 is 23.6 Å². The zero-order chi connectivity index (χ0) is 18.3. The smallest absolute Gasteiger partial charge is 0.478 e. The lowest BCUT2D eigenvalue weighted by molar-refractivity contribution is 0.00578. The average Bonchev–Trinajstić information content (AvgIpc) is 2.67. The Balaban J connectivity index is 2.39. The zero-order valence-electron chi connectivity index (χ0n) is 14.0. The van der Waals surface area contributed by atoms with Gasteiger partial charge in [-0.2, -0.15) is 0 Å². The molecule has 1 aliphatic heterocycles. The van der Waals surface area contributed by atoms with Crippen LogP contribution < -0.4 is 5.73 Å². The summed E-state index contributed by atoms with van der Waals surface area (Å²) >= 11 is 5.90. The maximum absolute atomic E-state index is 14.2. The third-order valence-corrected chi connectivity index (χ3v) is 4.76. The zero-order valence-corrected chi connectivity index (χ0v) is 14.8. The molecule has 0 atom stereocenters. The SMILES string of the molecule is CC1(C)OB(C(=Cc2cc(Cl)c(C(=O)O)cc2F)CN)OC1(C)C. The lowest BCUT2D eigenvalue weighted by atomic mass is 9.77. The van der Waals surface area contributed by atoms with Crippen LogP contribution in [0.25, 0.3) is 6.08 Å². The molecule has 0 spiro atoms. The summed E-state index contributed by atoms with van der Waals surface area (Å²) in [5, 5.41) is 8.92. The standard InChI is InChI=1S/C16H20BClFNO4/c1-15(2)16(3,4)24-17(23-15)10(8-20)5-9-6-12(18)11(14(21)22)7-13(9)19/h5-7H,8,20H2,1-4H3,(H,21,22). The minimum absolute atomic E-state index is 0.0551. The van der Waals surface area contributed by atoms with E-state index >= 15 is 0 Å². The van der Waals surface area contributed by atoms with E-state index in [-0.39, 0.29) is 22.7 Å². The van der Waals surface area contributed by atoms with E-state index in [1.807, 2.05) is 27.7 Å². The van der Waals surface area contributed by atoms with E-state index < -0.39 is 30.1 Å². The molecule has 24 heavy (non-hydrogen) atoms. The highest BCUT2D eigenvalue weighted by molar-refractivity contribution is 6.56. The Morgan fingerprint density at radius 2 is 1.88 bits per heavy atom. The monoisotopic (exact) mass is 355 g/mol. The fourth-order valence-electron chi connectivity index (χ4n) is 2.25. The number of aromatic carboxylic acids is 1. The molecule has 1 aromatic rings. The van der Waals surface area contributed by atoms with Crippen LogP contribution in [0.3, 0.4) is 0 Å². The minimum Gasteiger partial charge on any atom is -0.478 e. The molecule has 0 radical (unpaired) electrons. The lowest BCUT2D eigenvalue weighted by Crippen LogP contribution is -2.41. The van der Waals surface area contributed by atoms with Gasteiger partial charge in [-0.15, -0.1) is 0 Å². The fourth-order valence-corrected chi connectivity index (χ4v) is 2.51. The highest BCUT2D eigenvalue weighted by Gasteiger charge is 2.52. The molecule has 130 valence electrons. The number of carbonyl (C=O) groups is 1. The Labute approximate surface area is 145 Å². The summed E-state index contributed by atoms with van der Waals surface area (Å²) in [4.78, 5) is 11.0. The maximum Gasteiger partial charge on any atom is 0.491 e. The summed E-state index contributed by atoms with van der Waals surface area (Å²) in [5.74, 6) is -2.00. The Hall–Kier alpha value is -1.41. The van der Waals surface area contributed by atoms with Crippen molar-refractivity contribution in [1.29, 1.82) is 0 Å². The van der Waals surface area contributed by atoms with Gasteiger partial charge in [0.2, 0.25) is 0 Å². The first-order valence-electron chi connectivity index (χ1n) is 7.47. The normalized spacial score (nSPS) is 19.6. The largest absolute Gasteiger partial charge is 0.491 e. The maximum atomic E-state index is 14.2. The molecule has 1 saturated heterocycles. The summed E-state index contributed by atoms with van der Waals surface area (Å²) in [7, 11) is -0.711. The number of rotatable bonds is 4. The second-order valence-electron chi connectivity index (χ2n) is 6.67. The van der Waals surface area contributed by atoms with Crippen LogP contribution in [0.4, 0.5) is 4.39 Å². The number of halogens is 2. The van der Waals surface area contributed by atoms with Gasteiger partial charge in [0, 0.05) is 12.1 Å². The fraction of sp³-hybridized carbons (Fsp3) is 0.438. The summed E-state index contributed by atoms with van der Waals surface area (Å²) < 4.78 is 26.0. The van der Waals surface area contributed by atoms with Gasteiger partial charge in [0.05, 0.1) is 21.8 Å². The first-order valence-corrected chi connectivity index (χ1v) is 7.85. The second-order valence-corrected chi connectivity index (χ2v) is 7.08. The summed E-state index contributed by atoms with van der Waals surface area (Å²) in [6.45, 7) is 7.70. The van der Waals surface area contributed by atoms with Crippen LogP contribution in [-0.2, 0) is 9.31 Å². The Morgan fingerprint density at radius 1 is 1.33 bits per heavy atom. The Morgan fingerprint density at radius 3 is 2.33 bits per heavy atom. The lowest BCUT2D eigenvalue weighted by Gasteiger charge is -2.32. The van der Waals surface area contributed by atoms with Gasteiger partial charge >= 0.3 is 13.1 Å². The third kappa shape index (κ3) is 3.49. The van der Waals surface area contributed by atoms with Gasteiger partial charge in [-0.3, -0.25) is 0 Å². The van der Waals surface area contributed by atoms with E-state index in [2.05, 4.69) is 0 Å². The van der Waals surface area contributed by atoms with Crippen molar-refractivity contribution in [2.75, 3.05) is 6.54 Å². The van der Waals surface area contributed by atoms with Crippen molar-refractivity contribution in [3.63, 3.8) is 0 Å². The van der Waals surface area contributed by atoms with Crippen molar-refractivity contribution in [1.82, 2.24) is 0 Å². The van der Waals surface area contributed by atoms with E-state index in [0.717, 1.165) is 6.07 Å². The van der Waals surface area contributed by atoms with Crippen molar-refractivity contribution in [2.24, 2.45) is 5.73 Å². The molecular formula is C16H20BClFNO4. The number of carboxylic acids is 1. The van der Waals surface area contributed by atoms with Gasteiger partial charge in [0.25, 0.3) is 0 Å². The van der Waals surface area contributed by atoms with E-state index in [1.165, 1.54) is 12.1 Å². The van der Waals surface area contributed by atoms with Crippen molar-refractivity contribution in [3.05, 3.63) is 39.6 Å². The summed E-state index contributed by atoms with van der Waals surface area (Å²) in [6.07, 6.45) is 1.48. The van der Waals surface area contributed by atoms with Crippen LogP contribution in [0.15, 0.2) is 17.6 Å². The predicted molar refractivity (Wildman–Crippen MR) is 91.5 cm³/mol. The van der Waals surface area contributed by atoms with Crippen LogP contribution in [0.5, 0.6) is 0 Å². The molecule has 5 nitrogen and oxygen atoms in total.